The number of nitrogens with two attached hydrogens (primary N) is 1. The van der Waals surface area contributed by atoms with E-state index in [-0.39, 0.29) is 6.04 Å². The lowest BCUT2D eigenvalue weighted by molar-refractivity contribution is 0.101. The molecule has 6 nitrogen and oxygen atoms in total. The van der Waals surface area contributed by atoms with E-state index in [1.54, 1.807) is 0 Å². The number of hydrogen-bond acceptors (Lipinski definition) is 5. The fourth-order valence-electron chi connectivity index (χ4n) is 3.08. The molecule has 21 heavy (non-hydrogen) atoms. The minimum absolute atomic E-state index is 0.282. The van der Waals surface area contributed by atoms with Crippen molar-refractivity contribution < 1.29 is 0 Å². The summed E-state index contributed by atoms with van der Waals surface area (Å²) in [4.78, 5) is 4.85. The van der Waals surface area contributed by atoms with E-state index in [1.807, 2.05) is 11.7 Å². The van der Waals surface area contributed by atoms with Crippen LogP contribution in [0.2, 0.25) is 0 Å². The van der Waals surface area contributed by atoms with E-state index in [1.165, 1.54) is 5.69 Å². The van der Waals surface area contributed by atoms with Crippen LogP contribution in [0.4, 0.5) is 0 Å². The largest absolute Gasteiger partial charge is 0.304 e. The Morgan fingerprint density at radius 2 is 2.14 bits per heavy atom. The van der Waals surface area contributed by atoms with Crippen LogP contribution in [-0.2, 0) is 19.9 Å². The molecule has 0 aromatic carbocycles. The van der Waals surface area contributed by atoms with Gasteiger partial charge in [-0.25, -0.2) is 0 Å². The molecule has 2 heterocycles. The predicted octanol–water partition coefficient (Wildman–Crippen LogP) is -0.00720. The van der Waals surface area contributed by atoms with Crippen molar-refractivity contribution in [2.75, 3.05) is 33.7 Å². The third-order valence-corrected chi connectivity index (χ3v) is 4.62. The SMILES string of the molecule is CCc1cc(CC(CC2CN(C)CCN2C)NN)n(C)n1. The van der Waals surface area contributed by atoms with Gasteiger partial charge < -0.3 is 9.80 Å². The maximum atomic E-state index is 5.80. The average molecular weight is 294 g/mol. The molecule has 3 N–H and O–H groups in total. The molecule has 120 valence electrons. The van der Waals surface area contributed by atoms with Gasteiger partial charge in [-0.3, -0.25) is 16.0 Å². The van der Waals surface area contributed by atoms with Crippen LogP contribution < -0.4 is 11.3 Å². The number of piperazine rings is 1. The Hall–Kier alpha value is -0.950. The summed E-state index contributed by atoms with van der Waals surface area (Å²) in [5.41, 5.74) is 5.40. The number of hydrazine groups is 1. The number of aryl methyl sites for hydroxylation is 2. The topological polar surface area (TPSA) is 62.4 Å². The highest BCUT2D eigenvalue weighted by Crippen LogP contribution is 2.15. The normalized spacial score (nSPS) is 22.6. The Morgan fingerprint density at radius 3 is 2.76 bits per heavy atom. The van der Waals surface area contributed by atoms with Crippen molar-refractivity contribution >= 4 is 0 Å². The number of hydrogen-bond donors (Lipinski definition) is 2. The van der Waals surface area contributed by atoms with Crippen LogP contribution in [0.25, 0.3) is 0 Å². The zero-order valence-corrected chi connectivity index (χ0v) is 13.8. The minimum atomic E-state index is 0.282. The second-order valence-electron chi connectivity index (χ2n) is 6.30. The van der Waals surface area contributed by atoms with Crippen LogP contribution in [0.3, 0.4) is 0 Å². The molecule has 1 aliphatic heterocycles. The van der Waals surface area contributed by atoms with Crippen molar-refractivity contribution in [3.63, 3.8) is 0 Å². The molecule has 0 aliphatic carbocycles. The van der Waals surface area contributed by atoms with E-state index in [4.69, 9.17) is 5.84 Å². The van der Waals surface area contributed by atoms with E-state index in [0.717, 1.165) is 44.6 Å². The Morgan fingerprint density at radius 1 is 1.38 bits per heavy atom. The molecule has 2 rings (SSSR count). The summed E-state index contributed by atoms with van der Waals surface area (Å²) in [5.74, 6) is 5.80. The van der Waals surface area contributed by atoms with Crippen LogP contribution in [0.15, 0.2) is 6.07 Å². The Bertz CT molecular complexity index is 443. The van der Waals surface area contributed by atoms with Crippen LogP contribution in [0.1, 0.15) is 24.7 Å². The molecule has 2 atom stereocenters. The summed E-state index contributed by atoms with van der Waals surface area (Å²) in [6.07, 6.45) is 2.96. The number of aromatic nitrogens is 2. The molecule has 6 heteroatoms. The number of nitrogens with zero attached hydrogens (tertiary/aromatic N) is 4. The maximum Gasteiger partial charge on any atom is 0.0624 e. The molecule has 0 amide bonds. The first-order valence-electron chi connectivity index (χ1n) is 7.90. The fraction of sp³-hybridized carbons (Fsp3) is 0.800. The van der Waals surface area contributed by atoms with E-state index in [2.05, 4.69) is 47.4 Å². The molecular formula is C15H30N6. The van der Waals surface area contributed by atoms with Gasteiger partial charge in [-0.15, -0.1) is 0 Å². The summed E-state index contributed by atoms with van der Waals surface area (Å²) < 4.78 is 1.99. The van der Waals surface area contributed by atoms with Crippen LogP contribution in [0, 0.1) is 0 Å². The van der Waals surface area contributed by atoms with Gasteiger partial charge in [0, 0.05) is 50.9 Å². The lowest BCUT2D eigenvalue weighted by atomic mass is 10.00. The Labute approximate surface area is 128 Å². The van der Waals surface area contributed by atoms with Gasteiger partial charge in [0.2, 0.25) is 0 Å². The van der Waals surface area contributed by atoms with Gasteiger partial charge in [-0.2, -0.15) is 5.10 Å². The first-order valence-corrected chi connectivity index (χ1v) is 7.90. The van der Waals surface area contributed by atoms with Crippen LogP contribution in [-0.4, -0.2) is 65.4 Å². The lowest BCUT2D eigenvalue weighted by Crippen LogP contribution is -2.53. The van der Waals surface area contributed by atoms with Crippen molar-refractivity contribution in [1.82, 2.24) is 25.0 Å². The molecule has 1 aromatic heterocycles. The predicted molar refractivity (Wildman–Crippen MR) is 85.9 cm³/mol. The Kier molecular flexibility index (Phi) is 5.75. The molecule has 0 spiro atoms. The molecule has 1 aromatic rings. The quantitative estimate of drug-likeness (QED) is 0.571. The van der Waals surface area contributed by atoms with Gasteiger partial charge >= 0.3 is 0 Å². The molecule has 1 saturated heterocycles. The molecule has 1 aliphatic rings. The molecule has 0 bridgehead atoms. The zero-order valence-electron chi connectivity index (χ0n) is 13.8. The smallest absolute Gasteiger partial charge is 0.0624 e. The van der Waals surface area contributed by atoms with Gasteiger partial charge in [0.25, 0.3) is 0 Å². The molecule has 0 saturated carbocycles. The van der Waals surface area contributed by atoms with E-state index < -0.39 is 0 Å². The van der Waals surface area contributed by atoms with E-state index >= 15 is 0 Å². The van der Waals surface area contributed by atoms with Gasteiger partial charge in [-0.1, -0.05) is 6.92 Å². The van der Waals surface area contributed by atoms with Crippen LogP contribution in [0.5, 0.6) is 0 Å². The lowest BCUT2D eigenvalue weighted by Gasteiger charge is -2.39. The Balaban J connectivity index is 1.97. The number of rotatable bonds is 6. The first kappa shape index (κ1) is 16.4. The summed E-state index contributed by atoms with van der Waals surface area (Å²) in [7, 11) is 6.42. The molecular weight excluding hydrogens is 264 g/mol. The van der Waals surface area contributed by atoms with Gasteiger partial charge in [0.05, 0.1) is 5.69 Å². The maximum absolute atomic E-state index is 5.80. The summed E-state index contributed by atoms with van der Waals surface area (Å²) in [6.45, 7) is 5.53. The van der Waals surface area contributed by atoms with Crippen molar-refractivity contribution in [3.05, 3.63) is 17.5 Å². The van der Waals surface area contributed by atoms with Crippen molar-refractivity contribution in [1.29, 1.82) is 0 Å². The molecule has 1 fully saturated rings. The standard InChI is InChI=1S/C15H30N6/c1-5-12-8-14(21(4)18-12)9-13(17-16)10-15-11-19(2)6-7-20(15)3/h8,13,15,17H,5-7,9-11,16H2,1-4H3. The van der Waals surface area contributed by atoms with Crippen molar-refractivity contribution in [2.45, 2.75) is 38.3 Å². The fourth-order valence-corrected chi connectivity index (χ4v) is 3.08. The monoisotopic (exact) mass is 294 g/mol. The average Bonchev–Trinajstić information content (AvgIpc) is 2.82. The molecule has 0 radical (unpaired) electrons. The second kappa shape index (κ2) is 7.35. The number of nitrogens with one attached hydrogen (secondary N) is 1. The summed E-state index contributed by atoms with van der Waals surface area (Å²) in [6, 6.07) is 3.04. The van der Waals surface area contributed by atoms with Gasteiger partial charge in [-0.05, 0) is 33.0 Å². The zero-order chi connectivity index (χ0) is 15.4. The first-order chi connectivity index (χ1) is 10.0. The second-order valence-corrected chi connectivity index (χ2v) is 6.30. The summed E-state index contributed by atoms with van der Waals surface area (Å²) >= 11 is 0. The number of likely N-dealkylation sites (N-methyl/N-ethyl adjacent to an activating group) is 2. The minimum Gasteiger partial charge on any atom is -0.304 e. The van der Waals surface area contributed by atoms with Crippen LogP contribution >= 0.6 is 0 Å². The highest BCUT2D eigenvalue weighted by molar-refractivity contribution is 5.11. The molecule has 2 unspecified atom stereocenters. The van der Waals surface area contributed by atoms with Gasteiger partial charge in [0.15, 0.2) is 0 Å². The summed E-state index contributed by atoms with van der Waals surface area (Å²) in [5, 5.41) is 4.52. The third kappa shape index (κ3) is 4.26. The van der Waals surface area contributed by atoms with Crippen molar-refractivity contribution in [3.8, 4) is 0 Å². The highest BCUT2D eigenvalue weighted by Gasteiger charge is 2.25. The van der Waals surface area contributed by atoms with E-state index in [9.17, 15) is 0 Å². The van der Waals surface area contributed by atoms with Crippen molar-refractivity contribution in [2.24, 2.45) is 12.9 Å². The van der Waals surface area contributed by atoms with E-state index in [0.29, 0.717) is 6.04 Å². The van der Waals surface area contributed by atoms with Gasteiger partial charge in [0.1, 0.15) is 0 Å². The third-order valence-electron chi connectivity index (χ3n) is 4.62. The highest BCUT2D eigenvalue weighted by atomic mass is 15.3.